The van der Waals surface area contributed by atoms with Gasteiger partial charge in [-0.25, -0.2) is 0 Å². The number of aliphatic hydroxyl groups excluding tert-OH is 3. The summed E-state index contributed by atoms with van der Waals surface area (Å²) in [7, 11) is 0. The van der Waals surface area contributed by atoms with Crippen LogP contribution in [-0.2, 0) is 9.47 Å². The average molecular weight is 459 g/mol. The highest BCUT2D eigenvalue weighted by atomic mass is 16.7. The van der Waals surface area contributed by atoms with E-state index in [1.165, 1.54) is 64.2 Å². The fourth-order valence-corrected chi connectivity index (χ4v) is 4.66. The molecule has 32 heavy (non-hydrogen) atoms. The molecule has 0 amide bonds. The Hall–Kier alpha value is -0.200. The normalized spacial score (nSPS) is 26.9. The van der Waals surface area contributed by atoms with Crippen LogP contribution in [0.1, 0.15) is 112 Å². The lowest BCUT2D eigenvalue weighted by Crippen LogP contribution is -2.53. The summed E-state index contributed by atoms with van der Waals surface area (Å²) >= 11 is 0. The highest BCUT2D eigenvalue weighted by Crippen LogP contribution is 2.23. The predicted molar refractivity (Wildman–Crippen MR) is 131 cm³/mol. The van der Waals surface area contributed by atoms with Gasteiger partial charge in [-0.05, 0) is 30.1 Å². The number of hydrogen-bond donors (Lipinski definition) is 3. The maximum atomic E-state index is 9.87. The first-order valence-electron chi connectivity index (χ1n) is 13.5. The summed E-state index contributed by atoms with van der Waals surface area (Å²) in [6.45, 7) is 12.3. The monoisotopic (exact) mass is 458 g/mol. The smallest absolute Gasteiger partial charge is 0.186 e. The van der Waals surface area contributed by atoms with Gasteiger partial charge in [0.05, 0.1) is 6.61 Å². The van der Waals surface area contributed by atoms with E-state index in [0.29, 0.717) is 6.61 Å². The molecule has 0 aromatic carbocycles. The molecule has 0 bridgehead atoms. The molecule has 0 saturated carbocycles. The summed E-state index contributed by atoms with van der Waals surface area (Å²) in [6, 6.07) is 0. The molecule has 1 saturated heterocycles. The van der Waals surface area contributed by atoms with Crippen LogP contribution in [0, 0.1) is 23.7 Å². The summed E-state index contributed by atoms with van der Waals surface area (Å²) in [5.41, 5.74) is 0. The van der Waals surface area contributed by atoms with Gasteiger partial charge in [0, 0.05) is 6.61 Å². The zero-order valence-corrected chi connectivity index (χ0v) is 21.7. The van der Waals surface area contributed by atoms with Crippen molar-refractivity contribution >= 4 is 0 Å². The molecule has 1 aliphatic rings. The Balaban J connectivity index is 1.97. The van der Waals surface area contributed by atoms with Gasteiger partial charge < -0.3 is 24.8 Å². The molecule has 0 radical (unpaired) electrons. The molecule has 4 unspecified atom stereocenters. The molecular weight excluding hydrogens is 404 g/mol. The molecule has 0 aromatic rings. The van der Waals surface area contributed by atoms with Crippen molar-refractivity contribution in [3.8, 4) is 0 Å². The third kappa shape index (κ3) is 13.5. The first-order chi connectivity index (χ1) is 15.2. The molecule has 1 aliphatic heterocycles. The maximum absolute atomic E-state index is 9.87. The fourth-order valence-electron chi connectivity index (χ4n) is 4.66. The Morgan fingerprint density at radius 2 is 1.12 bits per heavy atom. The highest BCUT2D eigenvalue weighted by molar-refractivity contribution is 4.82. The van der Waals surface area contributed by atoms with Crippen LogP contribution in [0.4, 0.5) is 0 Å². The largest absolute Gasteiger partial charge is 0.388 e. The Morgan fingerprint density at radius 3 is 1.62 bits per heavy atom. The van der Waals surface area contributed by atoms with Crippen LogP contribution < -0.4 is 0 Å². The van der Waals surface area contributed by atoms with Crippen LogP contribution in [0.5, 0.6) is 0 Å². The van der Waals surface area contributed by atoms with Crippen LogP contribution in [0.15, 0.2) is 0 Å². The summed E-state index contributed by atoms with van der Waals surface area (Å²) in [4.78, 5) is 0. The van der Waals surface area contributed by atoms with Crippen molar-refractivity contribution in [1.82, 2.24) is 0 Å². The molecule has 5 heteroatoms. The van der Waals surface area contributed by atoms with Crippen LogP contribution in [0.2, 0.25) is 0 Å². The Labute approximate surface area is 198 Å². The van der Waals surface area contributed by atoms with Crippen molar-refractivity contribution < 1.29 is 24.8 Å². The number of ether oxygens (including phenoxy) is 2. The molecule has 0 aromatic heterocycles. The minimum atomic E-state index is -1.20. The van der Waals surface area contributed by atoms with Gasteiger partial charge in [0.2, 0.25) is 0 Å². The first-order valence-corrected chi connectivity index (χ1v) is 13.5. The third-order valence-electron chi connectivity index (χ3n) is 7.09. The van der Waals surface area contributed by atoms with Gasteiger partial charge in [-0.1, -0.05) is 105 Å². The van der Waals surface area contributed by atoms with Gasteiger partial charge in [-0.2, -0.15) is 0 Å². The summed E-state index contributed by atoms with van der Waals surface area (Å²) < 4.78 is 10.8. The number of hydrogen-bond acceptors (Lipinski definition) is 5. The molecule has 1 fully saturated rings. The number of unbranched alkanes of at least 4 members (excludes halogenated alkanes) is 1. The van der Waals surface area contributed by atoms with E-state index in [-0.39, 0.29) is 6.61 Å². The number of rotatable bonds is 18. The molecule has 192 valence electrons. The van der Waals surface area contributed by atoms with E-state index in [0.717, 1.165) is 36.5 Å². The molecular formula is C27H54O5. The van der Waals surface area contributed by atoms with Crippen LogP contribution in [-0.4, -0.2) is 53.1 Å². The maximum Gasteiger partial charge on any atom is 0.186 e. The van der Waals surface area contributed by atoms with Crippen molar-refractivity contribution in [3.63, 3.8) is 0 Å². The van der Waals surface area contributed by atoms with E-state index in [1.807, 2.05) is 0 Å². The lowest BCUT2D eigenvalue weighted by molar-refractivity contribution is -0.270. The highest BCUT2D eigenvalue weighted by Gasteiger charge is 2.37. The van der Waals surface area contributed by atoms with Gasteiger partial charge in [0.15, 0.2) is 6.29 Å². The third-order valence-corrected chi connectivity index (χ3v) is 7.09. The van der Waals surface area contributed by atoms with Crippen molar-refractivity contribution in [2.24, 2.45) is 23.7 Å². The SMILES string of the molecule is CC(C)CCCC(C)CCCC(C)CCCC(C)CCCCOC1OC[C@H](O)[C@H](O)[C@H]1O. The molecule has 0 spiro atoms. The zero-order valence-electron chi connectivity index (χ0n) is 21.7. The molecule has 5 nitrogen and oxygen atoms in total. The van der Waals surface area contributed by atoms with Crippen LogP contribution >= 0.6 is 0 Å². The van der Waals surface area contributed by atoms with E-state index >= 15 is 0 Å². The van der Waals surface area contributed by atoms with Crippen molar-refractivity contribution in [2.75, 3.05) is 13.2 Å². The van der Waals surface area contributed by atoms with Crippen LogP contribution in [0.25, 0.3) is 0 Å². The predicted octanol–water partition coefficient (Wildman–Crippen LogP) is 5.69. The standard InChI is InChI=1S/C27H54O5/c1-20(2)11-8-13-22(4)15-10-17-23(5)16-9-14-21(3)12-6-7-18-31-27-26(30)25(29)24(28)19-32-27/h20-30H,6-19H2,1-5H3/t21?,22?,23?,24-,25-,26+,27?/m0/s1. The van der Waals surface area contributed by atoms with E-state index in [4.69, 9.17) is 9.47 Å². The average Bonchev–Trinajstić information content (AvgIpc) is 2.73. The second-order valence-corrected chi connectivity index (χ2v) is 11.1. The van der Waals surface area contributed by atoms with Gasteiger partial charge in [-0.15, -0.1) is 0 Å². The topological polar surface area (TPSA) is 79.2 Å². The van der Waals surface area contributed by atoms with Crippen molar-refractivity contribution in [1.29, 1.82) is 0 Å². The summed E-state index contributed by atoms with van der Waals surface area (Å²) in [5, 5.41) is 29.0. The fraction of sp³-hybridized carbons (Fsp3) is 1.00. The van der Waals surface area contributed by atoms with E-state index in [1.54, 1.807) is 0 Å². The van der Waals surface area contributed by atoms with E-state index < -0.39 is 24.6 Å². The van der Waals surface area contributed by atoms with Gasteiger partial charge in [-0.3, -0.25) is 0 Å². The second kappa shape index (κ2) is 17.3. The lowest BCUT2D eigenvalue weighted by Gasteiger charge is -2.34. The molecule has 0 aliphatic carbocycles. The Bertz CT molecular complexity index is 444. The van der Waals surface area contributed by atoms with Gasteiger partial charge >= 0.3 is 0 Å². The molecule has 1 heterocycles. The molecule has 3 N–H and O–H groups in total. The zero-order chi connectivity index (χ0) is 23.9. The minimum absolute atomic E-state index is 0.00429. The minimum Gasteiger partial charge on any atom is -0.388 e. The Kier molecular flexibility index (Phi) is 16.1. The summed E-state index contributed by atoms with van der Waals surface area (Å²) in [5.74, 6) is 3.30. The van der Waals surface area contributed by atoms with E-state index in [2.05, 4.69) is 34.6 Å². The van der Waals surface area contributed by atoms with Gasteiger partial charge in [0.1, 0.15) is 18.3 Å². The van der Waals surface area contributed by atoms with Crippen molar-refractivity contribution in [3.05, 3.63) is 0 Å². The number of aliphatic hydroxyl groups is 3. The molecule has 1 rings (SSSR count). The molecule has 7 atom stereocenters. The quantitative estimate of drug-likeness (QED) is 0.230. The van der Waals surface area contributed by atoms with Crippen molar-refractivity contribution in [2.45, 2.75) is 136 Å². The van der Waals surface area contributed by atoms with Crippen LogP contribution in [0.3, 0.4) is 0 Å². The van der Waals surface area contributed by atoms with E-state index in [9.17, 15) is 15.3 Å². The second-order valence-electron chi connectivity index (χ2n) is 11.1. The first kappa shape index (κ1) is 29.8. The van der Waals surface area contributed by atoms with Gasteiger partial charge in [0.25, 0.3) is 0 Å². The lowest BCUT2D eigenvalue weighted by atomic mass is 9.90. The Morgan fingerprint density at radius 1 is 0.656 bits per heavy atom. The summed E-state index contributed by atoms with van der Waals surface area (Å²) in [6.07, 6.45) is 11.2.